The van der Waals surface area contributed by atoms with Crippen molar-refractivity contribution >= 4 is 32.6 Å². The van der Waals surface area contributed by atoms with Crippen molar-refractivity contribution in [1.82, 2.24) is 15.6 Å². The molecule has 0 bridgehead atoms. The summed E-state index contributed by atoms with van der Waals surface area (Å²) in [4.78, 5) is 28.8. The Labute approximate surface area is 179 Å². The first kappa shape index (κ1) is 21.0. The topological polar surface area (TPSA) is 108 Å². The molecular weight excluding hydrogens is 421 g/mol. The van der Waals surface area contributed by atoms with Gasteiger partial charge in [-0.3, -0.25) is 9.59 Å². The molecule has 0 saturated carbocycles. The predicted octanol–water partition coefficient (Wildman–Crippen LogP) is 1.95. The van der Waals surface area contributed by atoms with E-state index in [0.717, 1.165) is 16.5 Å². The van der Waals surface area contributed by atoms with Gasteiger partial charge in [0.15, 0.2) is 9.84 Å². The minimum absolute atomic E-state index is 0.0347. The predicted molar refractivity (Wildman–Crippen MR) is 115 cm³/mol. The molecule has 0 radical (unpaired) electrons. The maximum atomic E-state index is 13.2. The zero-order valence-electron chi connectivity index (χ0n) is 16.6. The maximum absolute atomic E-state index is 13.2. The number of aromatic amines is 1. The summed E-state index contributed by atoms with van der Waals surface area (Å²) in [6.45, 7) is 0. The van der Waals surface area contributed by atoms with Crippen LogP contribution in [-0.4, -0.2) is 48.8 Å². The van der Waals surface area contributed by atoms with Crippen molar-refractivity contribution in [3.63, 3.8) is 0 Å². The van der Waals surface area contributed by atoms with E-state index >= 15 is 0 Å². The van der Waals surface area contributed by atoms with Crippen molar-refractivity contribution in [2.45, 2.75) is 24.9 Å². The fourth-order valence-corrected chi connectivity index (χ4v) is 5.46. The molecule has 7 nitrogen and oxygen atoms in total. The molecule has 31 heavy (non-hydrogen) atoms. The van der Waals surface area contributed by atoms with Crippen LogP contribution < -0.4 is 10.6 Å². The van der Waals surface area contributed by atoms with E-state index in [1.165, 1.54) is 24.3 Å². The van der Waals surface area contributed by atoms with Gasteiger partial charge in [-0.1, -0.05) is 18.2 Å². The van der Waals surface area contributed by atoms with Crippen molar-refractivity contribution < 1.29 is 22.4 Å². The smallest absolute Gasteiger partial charge is 0.251 e. The molecule has 3 N–H and O–H groups in total. The van der Waals surface area contributed by atoms with E-state index in [2.05, 4.69) is 15.6 Å². The molecule has 4 rings (SSSR count). The van der Waals surface area contributed by atoms with Gasteiger partial charge >= 0.3 is 0 Å². The lowest BCUT2D eigenvalue weighted by atomic mass is 10.0. The number of para-hydroxylation sites is 1. The molecule has 1 aliphatic rings. The van der Waals surface area contributed by atoms with Crippen LogP contribution in [0.2, 0.25) is 0 Å². The summed E-state index contributed by atoms with van der Waals surface area (Å²) in [5.41, 5.74) is 1.97. The molecule has 3 aromatic rings. The molecule has 1 saturated heterocycles. The molecule has 2 aromatic carbocycles. The molecule has 1 fully saturated rings. The number of carbonyl (C=O) groups is 2. The van der Waals surface area contributed by atoms with E-state index in [-0.39, 0.29) is 23.5 Å². The second-order valence-corrected chi connectivity index (χ2v) is 9.93. The minimum Gasteiger partial charge on any atom is -0.361 e. The third-order valence-electron chi connectivity index (χ3n) is 5.41. The van der Waals surface area contributed by atoms with Crippen molar-refractivity contribution in [3.8, 4) is 0 Å². The number of fused-ring (bicyclic) bond motifs is 1. The number of halogens is 1. The summed E-state index contributed by atoms with van der Waals surface area (Å²) in [6, 6.07) is 11.2. The first-order chi connectivity index (χ1) is 14.8. The maximum Gasteiger partial charge on any atom is 0.251 e. The summed E-state index contributed by atoms with van der Waals surface area (Å²) >= 11 is 0. The van der Waals surface area contributed by atoms with Gasteiger partial charge in [-0.2, -0.15) is 0 Å². The van der Waals surface area contributed by atoms with Gasteiger partial charge in [-0.05, 0) is 42.3 Å². The molecule has 0 aliphatic carbocycles. The Morgan fingerprint density at radius 1 is 1.13 bits per heavy atom. The Bertz CT molecular complexity index is 1220. The zero-order chi connectivity index (χ0) is 22.0. The van der Waals surface area contributed by atoms with Gasteiger partial charge in [0.25, 0.3) is 5.91 Å². The van der Waals surface area contributed by atoms with Crippen molar-refractivity contribution in [2.24, 2.45) is 0 Å². The number of benzene rings is 2. The first-order valence-corrected chi connectivity index (χ1v) is 11.7. The summed E-state index contributed by atoms with van der Waals surface area (Å²) in [6.07, 6.45) is 2.34. The van der Waals surface area contributed by atoms with Gasteiger partial charge in [-0.25, -0.2) is 12.8 Å². The number of amides is 2. The molecule has 1 aliphatic heterocycles. The summed E-state index contributed by atoms with van der Waals surface area (Å²) < 4.78 is 36.6. The van der Waals surface area contributed by atoms with E-state index in [1.54, 1.807) is 6.20 Å². The van der Waals surface area contributed by atoms with E-state index in [9.17, 15) is 22.4 Å². The average Bonchev–Trinajstić information content (AvgIpc) is 3.30. The number of rotatable bonds is 6. The van der Waals surface area contributed by atoms with Crippen LogP contribution in [-0.2, 0) is 21.1 Å². The molecule has 1 aromatic heterocycles. The SMILES string of the molecule is O=C(N[C@H](Cc1c[nH]c2ccccc12)C(=O)N[C@H]1CCS(=O)(=O)C1)c1ccc(F)cc1. The Balaban J connectivity index is 1.55. The lowest BCUT2D eigenvalue weighted by Gasteiger charge is -2.21. The van der Waals surface area contributed by atoms with Crippen LogP contribution in [0, 0.1) is 5.82 Å². The standard InChI is InChI=1S/C22H22FN3O4S/c23-16-7-5-14(6-8-16)21(27)26-20(22(28)25-17-9-10-31(29,30)13-17)11-15-12-24-19-4-2-1-3-18(15)19/h1-8,12,17,20,24H,9-11,13H2,(H,25,28)(H,26,27)/t17-,20+/m0/s1. The third kappa shape index (κ3) is 4.93. The number of hydrogen-bond acceptors (Lipinski definition) is 4. The largest absolute Gasteiger partial charge is 0.361 e. The Kier molecular flexibility index (Phi) is 5.77. The van der Waals surface area contributed by atoms with Crippen LogP contribution in [0.4, 0.5) is 4.39 Å². The third-order valence-corrected chi connectivity index (χ3v) is 7.17. The molecule has 162 valence electrons. The van der Waals surface area contributed by atoms with Crippen LogP contribution in [0.5, 0.6) is 0 Å². The van der Waals surface area contributed by atoms with Crippen LogP contribution in [0.3, 0.4) is 0 Å². The van der Waals surface area contributed by atoms with Gasteiger partial charge in [0.05, 0.1) is 11.5 Å². The molecule has 9 heteroatoms. The van der Waals surface area contributed by atoms with E-state index in [4.69, 9.17) is 0 Å². The summed E-state index contributed by atoms with van der Waals surface area (Å²) in [7, 11) is -3.16. The molecular formula is C22H22FN3O4S. The lowest BCUT2D eigenvalue weighted by Crippen LogP contribution is -2.51. The number of hydrogen-bond donors (Lipinski definition) is 3. The Morgan fingerprint density at radius 3 is 2.58 bits per heavy atom. The van der Waals surface area contributed by atoms with Gasteiger partial charge < -0.3 is 15.6 Å². The Hall–Kier alpha value is -3.20. The highest BCUT2D eigenvalue weighted by Crippen LogP contribution is 2.20. The van der Waals surface area contributed by atoms with Gasteiger partial charge in [0.2, 0.25) is 5.91 Å². The fraction of sp³-hybridized carbons (Fsp3) is 0.273. The number of H-pyrrole nitrogens is 1. The van der Waals surface area contributed by atoms with Gasteiger partial charge in [0.1, 0.15) is 11.9 Å². The summed E-state index contributed by atoms with van der Waals surface area (Å²) in [5.74, 6) is -1.51. The average molecular weight is 444 g/mol. The van der Waals surface area contributed by atoms with Crippen LogP contribution >= 0.6 is 0 Å². The highest BCUT2D eigenvalue weighted by Gasteiger charge is 2.31. The van der Waals surface area contributed by atoms with Crippen molar-refractivity contribution in [2.75, 3.05) is 11.5 Å². The number of carbonyl (C=O) groups excluding carboxylic acids is 2. The zero-order valence-corrected chi connectivity index (χ0v) is 17.4. The number of sulfone groups is 1. The second kappa shape index (κ2) is 8.50. The molecule has 0 spiro atoms. The quantitative estimate of drug-likeness (QED) is 0.541. The number of aromatic nitrogens is 1. The molecule has 2 heterocycles. The van der Waals surface area contributed by atoms with Crippen LogP contribution in [0.25, 0.3) is 10.9 Å². The van der Waals surface area contributed by atoms with Crippen LogP contribution in [0.1, 0.15) is 22.3 Å². The molecule has 2 amide bonds. The van der Waals surface area contributed by atoms with Crippen molar-refractivity contribution in [1.29, 1.82) is 0 Å². The lowest BCUT2D eigenvalue weighted by molar-refractivity contribution is -0.123. The normalized spacial score (nSPS) is 18.5. The van der Waals surface area contributed by atoms with E-state index < -0.39 is 39.6 Å². The first-order valence-electron chi connectivity index (χ1n) is 9.93. The minimum atomic E-state index is -3.16. The highest BCUT2D eigenvalue weighted by molar-refractivity contribution is 7.91. The van der Waals surface area contributed by atoms with E-state index in [0.29, 0.717) is 6.42 Å². The molecule has 0 unspecified atom stereocenters. The van der Waals surface area contributed by atoms with E-state index in [1.807, 2.05) is 24.3 Å². The fourth-order valence-electron chi connectivity index (χ4n) is 3.78. The summed E-state index contributed by atoms with van der Waals surface area (Å²) in [5, 5.41) is 6.40. The second-order valence-electron chi connectivity index (χ2n) is 7.71. The van der Waals surface area contributed by atoms with Crippen molar-refractivity contribution in [3.05, 3.63) is 71.7 Å². The number of nitrogens with one attached hydrogen (secondary N) is 3. The van der Waals surface area contributed by atoms with Gasteiger partial charge in [-0.15, -0.1) is 0 Å². The monoisotopic (exact) mass is 443 g/mol. The molecule has 2 atom stereocenters. The van der Waals surface area contributed by atoms with Gasteiger partial charge in [0, 0.05) is 35.1 Å². The highest BCUT2D eigenvalue weighted by atomic mass is 32.2. The van der Waals surface area contributed by atoms with Crippen LogP contribution in [0.15, 0.2) is 54.7 Å². The Morgan fingerprint density at radius 2 is 1.87 bits per heavy atom.